The Kier molecular flexibility index (Phi) is 4.82. The molecule has 1 unspecified atom stereocenters. The first-order valence-electron chi connectivity index (χ1n) is 5.18. The molecule has 2 N–H and O–H groups in total. The fourth-order valence-corrected chi connectivity index (χ4v) is 2.12. The van der Waals surface area contributed by atoms with Crippen molar-refractivity contribution in [3.63, 3.8) is 0 Å². The Morgan fingerprint density at radius 3 is 2.83 bits per heavy atom. The highest BCUT2D eigenvalue weighted by atomic mass is 32.2. The van der Waals surface area contributed by atoms with Crippen molar-refractivity contribution in [1.29, 1.82) is 0 Å². The maximum absolute atomic E-state index is 11.7. The normalized spacial score (nSPS) is 13.3. The summed E-state index contributed by atoms with van der Waals surface area (Å²) in [6.45, 7) is 1.97. The molecule has 1 aromatic heterocycles. The van der Waals surface area contributed by atoms with Gasteiger partial charge < -0.3 is 14.4 Å². The molecule has 1 rings (SSSR count). The molecule has 0 radical (unpaired) electrons. The average molecular weight is 277 g/mol. The molecule has 0 aromatic carbocycles. The van der Waals surface area contributed by atoms with Gasteiger partial charge in [0.2, 0.25) is 0 Å². The molecule has 0 saturated heterocycles. The molecule has 0 fully saturated rings. The molecule has 102 valence electrons. The summed E-state index contributed by atoms with van der Waals surface area (Å²) >= 11 is 0. The molecule has 0 spiro atoms. The van der Waals surface area contributed by atoms with E-state index >= 15 is 0 Å². The van der Waals surface area contributed by atoms with Crippen LogP contribution in [-0.2, 0) is 26.1 Å². The van der Waals surface area contributed by atoms with Gasteiger partial charge in [-0.25, -0.2) is 22.9 Å². The highest BCUT2D eigenvalue weighted by Gasteiger charge is 2.22. The standard InChI is InChI=1S/C9H15N3O5S/c1-3-12-5-8(10-6-12)18(15,16)11-4-7(13)9(14)17-2/h5-7,11,13H,3-4H2,1-2H3. The number of carbonyl (C=O) groups excluding carboxylic acids is 1. The van der Waals surface area contributed by atoms with E-state index in [1.807, 2.05) is 6.92 Å². The SMILES string of the molecule is CCn1cnc(S(=O)(=O)NCC(O)C(=O)OC)c1. The van der Waals surface area contributed by atoms with Crippen molar-refractivity contribution in [2.24, 2.45) is 0 Å². The fraction of sp³-hybridized carbons (Fsp3) is 0.556. The van der Waals surface area contributed by atoms with E-state index in [9.17, 15) is 18.3 Å². The average Bonchev–Trinajstić information content (AvgIpc) is 2.84. The second kappa shape index (κ2) is 5.94. The van der Waals surface area contributed by atoms with Crippen LogP contribution in [0.3, 0.4) is 0 Å². The lowest BCUT2D eigenvalue weighted by atomic mass is 10.4. The zero-order chi connectivity index (χ0) is 13.8. The fourth-order valence-electron chi connectivity index (χ4n) is 1.13. The maximum Gasteiger partial charge on any atom is 0.336 e. The van der Waals surface area contributed by atoms with Gasteiger partial charge in [-0.3, -0.25) is 0 Å². The molecule has 0 bridgehead atoms. The second-order valence-corrected chi connectivity index (χ2v) is 5.15. The minimum Gasteiger partial charge on any atom is -0.467 e. The van der Waals surface area contributed by atoms with Gasteiger partial charge in [-0.05, 0) is 6.92 Å². The number of sulfonamides is 1. The third-order valence-corrected chi connectivity index (χ3v) is 3.50. The summed E-state index contributed by atoms with van der Waals surface area (Å²) in [5.41, 5.74) is 0. The van der Waals surface area contributed by atoms with Gasteiger partial charge in [-0.1, -0.05) is 0 Å². The van der Waals surface area contributed by atoms with Crippen molar-refractivity contribution in [2.75, 3.05) is 13.7 Å². The number of aliphatic hydroxyl groups is 1. The van der Waals surface area contributed by atoms with Gasteiger partial charge >= 0.3 is 5.97 Å². The van der Waals surface area contributed by atoms with Gasteiger partial charge in [-0.15, -0.1) is 0 Å². The van der Waals surface area contributed by atoms with E-state index in [0.717, 1.165) is 7.11 Å². The molecule has 18 heavy (non-hydrogen) atoms. The Morgan fingerprint density at radius 1 is 1.67 bits per heavy atom. The number of hydrogen-bond donors (Lipinski definition) is 2. The smallest absolute Gasteiger partial charge is 0.336 e. The lowest BCUT2D eigenvalue weighted by molar-refractivity contribution is -0.149. The van der Waals surface area contributed by atoms with Crippen LogP contribution in [0, 0.1) is 0 Å². The van der Waals surface area contributed by atoms with E-state index in [0.29, 0.717) is 6.54 Å². The Morgan fingerprint density at radius 2 is 2.33 bits per heavy atom. The van der Waals surface area contributed by atoms with Gasteiger partial charge in [0.15, 0.2) is 11.1 Å². The molecule has 9 heteroatoms. The summed E-state index contributed by atoms with van der Waals surface area (Å²) in [6, 6.07) is 0. The summed E-state index contributed by atoms with van der Waals surface area (Å²) < 4.78 is 31.4. The number of carbonyl (C=O) groups is 1. The molecule has 0 aliphatic heterocycles. The molecule has 0 amide bonds. The quantitative estimate of drug-likeness (QED) is 0.626. The zero-order valence-electron chi connectivity index (χ0n) is 10.0. The molecular formula is C9H15N3O5S. The minimum atomic E-state index is -3.84. The van der Waals surface area contributed by atoms with Gasteiger partial charge in [0.05, 0.1) is 13.4 Å². The highest BCUT2D eigenvalue weighted by Crippen LogP contribution is 2.04. The largest absolute Gasteiger partial charge is 0.467 e. The number of esters is 1. The summed E-state index contributed by atoms with van der Waals surface area (Å²) in [5.74, 6) is -0.906. The minimum absolute atomic E-state index is 0.165. The van der Waals surface area contributed by atoms with Crippen LogP contribution < -0.4 is 4.72 Å². The molecule has 1 aromatic rings. The predicted molar refractivity (Wildman–Crippen MR) is 61.1 cm³/mol. The monoisotopic (exact) mass is 277 g/mol. The third-order valence-electron chi connectivity index (χ3n) is 2.19. The van der Waals surface area contributed by atoms with Crippen molar-refractivity contribution >= 4 is 16.0 Å². The summed E-state index contributed by atoms with van der Waals surface area (Å²) in [7, 11) is -2.74. The van der Waals surface area contributed by atoms with Gasteiger partial charge in [-0.2, -0.15) is 0 Å². The van der Waals surface area contributed by atoms with E-state index in [1.165, 1.54) is 12.5 Å². The van der Waals surface area contributed by atoms with Crippen LogP contribution in [0.5, 0.6) is 0 Å². The Hall–Kier alpha value is -1.45. The molecule has 8 nitrogen and oxygen atoms in total. The molecular weight excluding hydrogens is 262 g/mol. The first-order chi connectivity index (χ1) is 8.40. The number of nitrogens with zero attached hydrogens (tertiary/aromatic N) is 2. The van der Waals surface area contributed by atoms with Crippen LogP contribution in [0.15, 0.2) is 17.6 Å². The van der Waals surface area contributed by atoms with E-state index in [2.05, 4.69) is 14.4 Å². The van der Waals surface area contributed by atoms with Gasteiger partial charge in [0.25, 0.3) is 10.0 Å². The zero-order valence-corrected chi connectivity index (χ0v) is 10.8. The topological polar surface area (TPSA) is 111 Å². The number of aliphatic hydroxyl groups excluding tert-OH is 1. The van der Waals surface area contributed by atoms with E-state index < -0.39 is 28.6 Å². The second-order valence-electron chi connectivity index (χ2n) is 3.43. The Balaban J connectivity index is 2.68. The van der Waals surface area contributed by atoms with Crippen LogP contribution in [0.1, 0.15) is 6.92 Å². The van der Waals surface area contributed by atoms with Crippen molar-refractivity contribution < 1.29 is 23.1 Å². The van der Waals surface area contributed by atoms with Crippen LogP contribution in [0.25, 0.3) is 0 Å². The molecule has 1 heterocycles. The van der Waals surface area contributed by atoms with Crippen molar-refractivity contribution in [2.45, 2.75) is 24.6 Å². The first kappa shape index (κ1) is 14.6. The van der Waals surface area contributed by atoms with Crippen molar-refractivity contribution in [3.05, 3.63) is 12.5 Å². The first-order valence-corrected chi connectivity index (χ1v) is 6.66. The number of ether oxygens (including phenoxy) is 1. The molecule has 0 saturated carbocycles. The number of aryl methyl sites for hydroxylation is 1. The van der Waals surface area contributed by atoms with Gasteiger partial charge in [0, 0.05) is 19.3 Å². The number of rotatable bonds is 6. The lowest BCUT2D eigenvalue weighted by Crippen LogP contribution is -2.37. The molecule has 0 aliphatic rings. The van der Waals surface area contributed by atoms with E-state index in [4.69, 9.17) is 0 Å². The van der Waals surface area contributed by atoms with E-state index in [1.54, 1.807) is 4.57 Å². The summed E-state index contributed by atoms with van der Waals surface area (Å²) in [4.78, 5) is 14.6. The van der Waals surface area contributed by atoms with Crippen LogP contribution in [-0.4, -0.2) is 48.8 Å². The number of methoxy groups -OCH3 is 1. The predicted octanol–water partition coefficient (Wildman–Crippen LogP) is -1.28. The summed E-state index contributed by atoms with van der Waals surface area (Å²) in [6.07, 6.45) is 1.19. The van der Waals surface area contributed by atoms with Crippen LogP contribution in [0.2, 0.25) is 0 Å². The number of aromatic nitrogens is 2. The number of imidazole rings is 1. The molecule has 0 aliphatic carbocycles. The number of hydrogen-bond acceptors (Lipinski definition) is 6. The maximum atomic E-state index is 11.7. The highest BCUT2D eigenvalue weighted by molar-refractivity contribution is 7.89. The number of nitrogens with one attached hydrogen (secondary N) is 1. The van der Waals surface area contributed by atoms with Crippen LogP contribution >= 0.6 is 0 Å². The Bertz CT molecular complexity index is 510. The Labute approximate surface area is 105 Å². The molecule has 1 atom stereocenters. The summed E-state index contributed by atoms with van der Waals surface area (Å²) in [5, 5.41) is 9.09. The van der Waals surface area contributed by atoms with Crippen molar-refractivity contribution in [1.82, 2.24) is 14.3 Å². The lowest BCUT2D eigenvalue weighted by Gasteiger charge is -2.08. The van der Waals surface area contributed by atoms with Gasteiger partial charge in [0.1, 0.15) is 0 Å². The van der Waals surface area contributed by atoms with Crippen molar-refractivity contribution in [3.8, 4) is 0 Å². The van der Waals surface area contributed by atoms with Crippen LogP contribution in [0.4, 0.5) is 0 Å². The van der Waals surface area contributed by atoms with E-state index in [-0.39, 0.29) is 5.03 Å². The third kappa shape index (κ3) is 3.52.